The number of benzene rings is 8. The van der Waals surface area contributed by atoms with E-state index in [9.17, 15) is 0 Å². The van der Waals surface area contributed by atoms with Gasteiger partial charge in [0.15, 0.2) is 0 Å². The van der Waals surface area contributed by atoms with Gasteiger partial charge in [-0.25, -0.2) is 0 Å². The van der Waals surface area contributed by atoms with Gasteiger partial charge in [0.2, 0.25) is 0 Å². The van der Waals surface area contributed by atoms with Gasteiger partial charge in [-0.05, 0) is 0 Å². The van der Waals surface area contributed by atoms with E-state index in [4.69, 9.17) is 0 Å². The monoisotopic (exact) mass is 2240 g/mol. The molecule has 16 nitrogen and oxygen atoms in total. The number of H-pyrrole nitrogens is 8. The Morgan fingerprint density at radius 1 is 0.181 bits per heavy atom. The topological polar surface area (TPSA) is 157 Å². The Bertz CT molecular complexity index is 4110. The van der Waals surface area contributed by atoms with Crippen LogP contribution < -0.4 is 124 Å². The van der Waals surface area contributed by atoms with Crippen LogP contribution in [0, 0.1) is 0 Å². The summed E-state index contributed by atoms with van der Waals surface area (Å²) in [6.45, 7) is 0. The molecule has 0 fully saturated rings. The Morgan fingerprint density at radius 3 is 0.351 bits per heavy atom. The van der Waals surface area contributed by atoms with Crippen LogP contribution in [0.15, 0.2) is 194 Å². The number of fused-ring (bicyclic) bond motifs is 8. The number of hydrogen-bond donors (Lipinski definition) is 8. The number of hydrogen-bond acceptors (Lipinski definition) is 0. The SMILES string of the molecule is C[n+]1c([Se-])[nH]c2ccccc21.C[n+]1c([Se-])[nH]c2ccccc21.C[n+]1c([Se-])[nH]c2ccccc21.C[n+]1c([Se-])[nH]c2ccccc21.C[n+]1c([Se-])[nH]c2ccccc21.C[n+]1c([Se-])[nH]c2ccccc21.C[n+]1c([Se-])[nH]c2ccccc21.C[n+]1c([Se-])[nH]c2ccccc21.[Cl-].[Cl-].[Cl-].[Cl-].[Hg+2].[Hg+2]. The van der Waals surface area contributed by atoms with Crippen LogP contribution in [0.2, 0.25) is 0 Å². The van der Waals surface area contributed by atoms with Crippen molar-refractivity contribution in [2.45, 2.75) is 0 Å². The molecule has 0 spiro atoms. The molecule has 0 unspecified atom stereocenters. The molecule has 0 saturated carbocycles. The number of aromatic nitrogens is 16. The van der Waals surface area contributed by atoms with E-state index in [1.807, 2.05) is 153 Å². The van der Waals surface area contributed by atoms with Crippen LogP contribution in [0.5, 0.6) is 0 Å². The average Bonchev–Trinajstić information content (AvgIpc) is 2.22. The summed E-state index contributed by atoms with van der Waals surface area (Å²) in [5.41, 5.74) is 19.1. The van der Waals surface area contributed by atoms with Crippen molar-refractivity contribution in [1.82, 2.24) is 39.9 Å². The van der Waals surface area contributed by atoms with Crippen LogP contribution in [-0.2, 0) is 112 Å². The molecule has 0 aliphatic carbocycles. The molecule has 16 aromatic rings. The van der Waals surface area contributed by atoms with Crippen molar-refractivity contribution in [2.75, 3.05) is 0 Å². The molecule has 0 aliphatic heterocycles. The largest absolute Gasteiger partial charge is 2.00 e. The van der Waals surface area contributed by atoms with Crippen LogP contribution in [0.3, 0.4) is 0 Å². The molecule has 0 bridgehead atoms. The van der Waals surface area contributed by atoms with E-state index in [0.717, 1.165) is 37.8 Å². The minimum Gasteiger partial charge on any atom is -1.00 e. The summed E-state index contributed by atoms with van der Waals surface area (Å²) in [4.78, 5) is 25.9. The van der Waals surface area contributed by atoms with Crippen molar-refractivity contribution < 1.29 is 142 Å². The third kappa shape index (κ3) is 20.9. The first-order valence-electron chi connectivity index (χ1n) is 27.4. The summed E-state index contributed by atoms with van der Waals surface area (Å²) < 4.78 is 25.2. The van der Waals surface area contributed by atoms with Gasteiger partial charge in [-0.3, -0.25) is 0 Å². The molecule has 0 atom stereocenters. The third-order valence-corrected chi connectivity index (χ3v) is 20.8. The molecule has 30 heteroatoms. The zero-order valence-corrected chi connectivity index (χ0v) is 80.0. The Kier molecular flexibility index (Phi) is 36.2. The number of halogens is 4. The molecule has 8 aromatic heterocycles. The van der Waals surface area contributed by atoms with Gasteiger partial charge in [-0.2, -0.15) is 0 Å². The van der Waals surface area contributed by atoms with Crippen molar-refractivity contribution >= 4 is 254 Å². The fourth-order valence-electron chi connectivity index (χ4n) is 9.44. The average molecular weight is 2230 g/mol. The molecular weight excluding hydrogens is 2170 g/mol. The Labute approximate surface area is 677 Å². The summed E-state index contributed by atoms with van der Waals surface area (Å²) in [6.07, 6.45) is 0. The van der Waals surface area contributed by atoms with Gasteiger partial charge in [0.1, 0.15) is 0 Å². The van der Waals surface area contributed by atoms with E-state index in [0.29, 0.717) is 0 Å². The van der Waals surface area contributed by atoms with E-state index in [1.54, 1.807) is 0 Å². The molecule has 0 aliphatic rings. The van der Waals surface area contributed by atoms with E-state index >= 15 is 0 Å². The van der Waals surface area contributed by atoms with Gasteiger partial charge in [0.05, 0.1) is 0 Å². The number of imidazole rings is 8. The first-order valence-corrected chi connectivity index (χ1v) is 34.3. The predicted octanol–water partition coefficient (Wildman–Crippen LogP) is -13.7. The molecule has 8 N–H and O–H groups in total. The van der Waals surface area contributed by atoms with Crippen molar-refractivity contribution in [3.05, 3.63) is 194 Å². The number of aryl methyl sites for hydroxylation is 8. The van der Waals surface area contributed by atoms with E-state index < -0.39 is 0 Å². The summed E-state index contributed by atoms with van der Waals surface area (Å²) >= 11 is 23.7. The molecule has 0 amide bonds. The predicted molar refractivity (Wildman–Crippen MR) is 359 cm³/mol. The van der Waals surface area contributed by atoms with Crippen LogP contribution >= 0.6 is 0 Å². The van der Waals surface area contributed by atoms with Gasteiger partial charge in [0.25, 0.3) is 0 Å². The van der Waals surface area contributed by atoms with Gasteiger partial charge >= 0.3 is 636 Å². The first-order chi connectivity index (χ1) is 42.3. The number of nitrogens with one attached hydrogen (secondary N) is 8. The molecule has 8 aromatic carbocycles. The number of aromatic amines is 8. The molecule has 0 radical (unpaired) electrons. The smallest absolute Gasteiger partial charge is 1.00 e. The second-order valence-corrected chi connectivity index (χ2v) is 26.5. The van der Waals surface area contributed by atoms with Gasteiger partial charge in [-0.1, -0.05) is 0 Å². The number of rotatable bonds is 0. The maximum Gasteiger partial charge on any atom is 2.00 e. The number of para-hydroxylation sites is 16. The minimum absolute atomic E-state index is 0. The zero-order chi connectivity index (χ0) is 62.8. The molecular formula is C64H64Cl4Hg2N16Se8. The van der Waals surface area contributed by atoms with Gasteiger partial charge in [-0.15, -0.1) is 0 Å². The van der Waals surface area contributed by atoms with Crippen molar-refractivity contribution in [3.8, 4) is 0 Å². The number of nitrogens with zero attached hydrogens (tertiary/aromatic N) is 8. The van der Waals surface area contributed by atoms with Crippen LogP contribution in [0.25, 0.3) is 88.3 Å². The molecule has 94 heavy (non-hydrogen) atoms. The second-order valence-electron chi connectivity index (χ2n) is 20.1. The molecule has 16 rings (SSSR count). The van der Waals surface area contributed by atoms with E-state index in [-0.39, 0.29) is 105 Å². The maximum absolute atomic E-state index is 3.23. The third-order valence-electron chi connectivity index (χ3n) is 14.5. The summed E-state index contributed by atoms with van der Waals surface area (Å²) in [6, 6.07) is 65.8. The fourth-order valence-corrected chi connectivity index (χ4v) is 12.9. The summed E-state index contributed by atoms with van der Waals surface area (Å²) in [5, 5.41) is 0. The minimum atomic E-state index is 0. The maximum atomic E-state index is 3.23. The van der Waals surface area contributed by atoms with Crippen molar-refractivity contribution in [1.29, 1.82) is 0 Å². The quantitative estimate of drug-likeness (QED) is 0.0538. The Morgan fingerprint density at radius 2 is 0.266 bits per heavy atom. The van der Waals surface area contributed by atoms with Crippen LogP contribution in [0.4, 0.5) is 0 Å². The zero-order valence-electron chi connectivity index (χ0n) is 52.2. The first kappa shape index (κ1) is 84.9. The Balaban J connectivity index is 0.000000278. The van der Waals surface area contributed by atoms with E-state index in [1.165, 1.54) is 88.3 Å². The normalized spacial score (nSPS) is 9.96. The second kappa shape index (κ2) is 40.1. The van der Waals surface area contributed by atoms with Crippen molar-refractivity contribution in [3.63, 3.8) is 0 Å². The van der Waals surface area contributed by atoms with Crippen LogP contribution in [0.1, 0.15) is 0 Å². The summed E-state index contributed by atoms with van der Waals surface area (Å²) in [7, 11) is 16.3. The van der Waals surface area contributed by atoms with Gasteiger partial charge in [0, 0.05) is 0 Å². The molecule has 8 heterocycles. The van der Waals surface area contributed by atoms with E-state index in [2.05, 4.69) is 302 Å². The molecule has 480 valence electrons. The van der Waals surface area contributed by atoms with Crippen LogP contribution in [-0.4, -0.2) is 168 Å². The Hall–Kier alpha value is -3.29. The fraction of sp³-hybridized carbons (Fsp3) is 0.125. The van der Waals surface area contributed by atoms with Gasteiger partial charge < -0.3 is 49.6 Å². The summed E-state index contributed by atoms with van der Waals surface area (Å²) in [5.74, 6) is 0. The molecule has 0 saturated heterocycles. The van der Waals surface area contributed by atoms with Crippen molar-refractivity contribution in [2.24, 2.45) is 56.4 Å². The standard InChI is InChI=1S/8C8H8N2Se.4ClH.2Hg/c8*1-10-7-5-3-2-4-6(7)9-8(10)11;;;;;;/h8*2-5H,1H3,(H,9,11);4*1H;;/q;;;;;;;;;;;;2*+2/p-4.